The zero-order chi connectivity index (χ0) is 23.1. The van der Waals surface area contributed by atoms with E-state index in [4.69, 9.17) is 16.3 Å². The molecular weight excluding hydrogens is 450 g/mol. The number of carbonyl (C=O) groups is 1. The Bertz CT molecular complexity index is 1010. The number of hydrogen-bond donors (Lipinski definition) is 1. The van der Waals surface area contributed by atoms with Crippen molar-refractivity contribution in [3.05, 3.63) is 59.1 Å². The maximum absolute atomic E-state index is 12.6. The maximum atomic E-state index is 12.6. The number of piperazine rings is 1. The summed E-state index contributed by atoms with van der Waals surface area (Å²) in [5, 5.41) is 0.748. The van der Waals surface area contributed by atoms with Crippen molar-refractivity contribution in [1.82, 2.24) is 14.5 Å². The third-order valence-electron chi connectivity index (χ3n) is 5.65. The first-order valence-corrected chi connectivity index (χ1v) is 12.7. The van der Waals surface area contributed by atoms with Crippen LogP contribution in [-0.2, 0) is 14.8 Å². The van der Waals surface area contributed by atoms with E-state index in [1.54, 1.807) is 17.0 Å². The summed E-state index contributed by atoms with van der Waals surface area (Å²) in [6.45, 7) is 7.27. The molecule has 1 atom stereocenters. The number of rotatable bonds is 9. The predicted octanol–water partition coefficient (Wildman–Crippen LogP) is 3.31. The lowest BCUT2D eigenvalue weighted by Gasteiger charge is -2.38. The highest BCUT2D eigenvalue weighted by Crippen LogP contribution is 2.27. The topological polar surface area (TPSA) is 78.9 Å². The third kappa shape index (κ3) is 6.22. The van der Waals surface area contributed by atoms with Crippen LogP contribution < -0.4 is 9.46 Å². The van der Waals surface area contributed by atoms with Crippen LogP contribution in [0.3, 0.4) is 0 Å². The summed E-state index contributed by atoms with van der Waals surface area (Å²) in [5.41, 5.74) is 1.08. The molecule has 0 bridgehead atoms. The Hall–Kier alpha value is -2.13. The van der Waals surface area contributed by atoms with E-state index in [2.05, 4.69) is 16.5 Å². The Morgan fingerprint density at radius 1 is 1.09 bits per heavy atom. The van der Waals surface area contributed by atoms with Gasteiger partial charge in [-0.1, -0.05) is 29.8 Å². The molecule has 0 aromatic heterocycles. The number of nitrogens with one attached hydrogen (secondary N) is 1. The SMILES string of the molecule is CCOc1ccc(S(=O)(=O)NCCC(=O)N2CCN(C(C)c3ccccc3Cl)CC2)cc1. The molecule has 32 heavy (non-hydrogen) atoms. The van der Waals surface area contributed by atoms with Crippen molar-refractivity contribution < 1.29 is 17.9 Å². The van der Waals surface area contributed by atoms with Crippen LogP contribution in [-0.4, -0.2) is 63.5 Å². The van der Waals surface area contributed by atoms with Gasteiger partial charge in [-0.2, -0.15) is 0 Å². The molecule has 0 aliphatic carbocycles. The van der Waals surface area contributed by atoms with Gasteiger partial charge in [0.25, 0.3) is 0 Å². The summed E-state index contributed by atoms with van der Waals surface area (Å²) in [4.78, 5) is 16.8. The minimum Gasteiger partial charge on any atom is -0.494 e. The second-order valence-corrected chi connectivity index (χ2v) is 9.84. The van der Waals surface area contributed by atoms with Crippen LogP contribution in [0.1, 0.15) is 31.9 Å². The van der Waals surface area contributed by atoms with Crippen LogP contribution in [0.15, 0.2) is 53.4 Å². The minimum absolute atomic E-state index is 0.0514. The van der Waals surface area contributed by atoms with E-state index in [1.807, 2.05) is 31.2 Å². The average molecular weight is 480 g/mol. The second-order valence-electron chi connectivity index (χ2n) is 7.67. The van der Waals surface area contributed by atoms with E-state index in [-0.39, 0.29) is 29.8 Å². The molecule has 0 saturated carbocycles. The summed E-state index contributed by atoms with van der Waals surface area (Å²) in [6.07, 6.45) is 0.121. The van der Waals surface area contributed by atoms with Crippen LogP contribution in [0.5, 0.6) is 5.75 Å². The van der Waals surface area contributed by atoms with E-state index in [0.717, 1.165) is 23.7 Å². The Balaban J connectivity index is 1.45. The largest absolute Gasteiger partial charge is 0.494 e. The molecule has 7 nitrogen and oxygen atoms in total. The standard InChI is InChI=1S/C23H30ClN3O4S/c1-3-31-19-8-10-20(11-9-19)32(29,30)25-13-12-23(28)27-16-14-26(15-17-27)18(2)21-6-4-5-7-22(21)24/h4-11,18,25H,3,12-17H2,1-2H3. The van der Waals surface area contributed by atoms with Crippen molar-refractivity contribution in [1.29, 1.82) is 0 Å². The molecule has 1 aliphatic heterocycles. The van der Waals surface area contributed by atoms with Gasteiger partial charge >= 0.3 is 0 Å². The molecular formula is C23H30ClN3O4S. The van der Waals surface area contributed by atoms with Crippen molar-refractivity contribution in [2.24, 2.45) is 0 Å². The summed E-state index contributed by atoms with van der Waals surface area (Å²) < 4.78 is 32.7. The Kier molecular flexibility index (Phi) is 8.53. The van der Waals surface area contributed by atoms with Gasteiger partial charge < -0.3 is 9.64 Å². The molecule has 174 valence electrons. The first-order valence-electron chi connectivity index (χ1n) is 10.8. The smallest absolute Gasteiger partial charge is 0.240 e. The lowest BCUT2D eigenvalue weighted by atomic mass is 10.1. The highest BCUT2D eigenvalue weighted by Gasteiger charge is 2.25. The van der Waals surface area contributed by atoms with Crippen molar-refractivity contribution in [3.8, 4) is 5.75 Å². The molecule has 0 spiro atoms. The second kappa shape index (κ2) is 11.1. The lowest BCUT2D eigenvalue weighted by Crippen LogP contribution is -2.49. The van der Waals surface area contributed by atoms with Crippen molar-refractivity contribution in [2.75, 3.05) is 39.3 Å². The molecule has 1 saturated heterocycles. The van der Waals surface area contributed by atoms with Gasteiger partial charge in [-0.15, -0.1) is 0 Å². The van der Waals surface area contributed by atoms with Crippen LogP contribution in [0.4, 0.5) is 0 Å². The van der Waals surface area contributed by atoms with E-state index in [0.29, 0.717) is 25.4 Å². The van der Waals surface area contributed by atoms with Crippen molar-refractivity contribution in [2.45, 2.75) is 31.2 Å². The number of ether oxygens (including phenoxy) is 1. The zero-order valence-corrected chi connectivity index (χ0v) is 20.0. The predicted molar refractivity (Wildman–Crippen MR) is 125 cm³/mol. The molecule has 1 N–H and O–H groups in total. The highest BCUT2D eigenvalue weighted by atomic mass is 35.5. The average Bonchev–Trinajstić information content (AvgIpc) is 2.79. The summed E-state index contributed by atoms with van der Waals surface area (Å²) in [7, 11) is -3.67. The van der Waals surface area contributed by atoms with Gasteiger partial charge in [-0.05, 0) is 49.7 Å². The fourth-order valence-electron chi connectivity index (χ4n) is 3.78. The number of nitrogens with zero attached hydrogens (tertiary/aromatic N) is 2. The maximum Gasteiger partial charge on any atom is 0.240 e. The number of carbonyl (C=O) groups excluding carboxylic acids is 1. The molecule has 1 unspecified atom stereocenters. The van der Waals surface area contributed by atoms with Gasteiger partial charge in [0.2, 0.25) is 15.9 Å². The first-order chi connectivity index (χ1) is 15.3. The fourth-order valence-corrected chi connectivity index (χ4v) is 5.11. The monoisotopic (exact) mass is 479 g/mol. The quantitative estimate of drug-likeness (QED) is 0.597. The van der Waals surface area contributed by atoms with E-state index in [1.165, 1.54) is 12.1 Å². The van der Waals surface area contributed by atoms with Gasteiger partial charge in [0, 0.05) is 50.2 Å². The number of sulfonamides is 1. The van der Waals surface area contributed by atoms with Gasteiger partial charge in [0.1, 0.15) is 5.75 Å². The number of halogens is 1. The Morgan fingerprint density at radius 2 is 1.75 bits per heavy atom. The molecule has 1 amide bonds. The number of amides is 1. The van der Waals surface area contributed by atoms with Gasteiger partial charge in [0.15, 0.2) is 0 Å². The van der Waals surface area contributed by atoms with Gasteiger partial charge in [-0.25, -0.2) is 13.1 Å². The van der Waals surface area contributed by atoms with Gasteiger partial charge in [0.05, 0.1) is 11.5 Å². The Morgan fingerprint density at radius 3 is 2.38 bits per heavy atom. The fraction of sp³-hybridized carbons (Fsp3) is 0.435. The highest BCUT2D eigenvalue weighted by molar-refractivity contribution is 7.89. The first kappa shape index (κ1) is 24.5. The van der Waals surface area contributed by atoms with Crippen LogP contribution >= 0.6 is 11.6 Å². The lowest BCUT2D eigenvalue weighted by molar-refractivity contribution is -0.133. The molecule has 0 radical (unpaired) electrons. The van der Waals surface area contributed by atoms with E-state index < -0.39 is 10.0 Å². The van der Waals surface area contributed by atoms with Crippen molar-refractivity contribution >= 4 is 27.5 Å². The zero-order valence-electron chi connectivity index (χ0n) is 18.5. The summed E-state index contributed by atoms with van der Waals surface area (Å²) in [5.74, 6) is 0.564. The van der Waals surface area contributed by atoms with Crippen molar-refractivity contribution in [3.63, 3.8) is 0 Å². The molecule has 9 heteroatoms. The summed E-state index contributed by atoms with van der Waals surface area (Å²) >= 11 is 6.32. The molecule has 2 aromatic carbocycles. The number of benzene rings is 2. The summed E-state index contributed by atoms with van der Waals surface area (Å²) in [6, 6.07) is 14.2. The normalized spacial score (nSPS) is 16.0. The third-order valence-corrected chi connectivity index (χ3v) is 7.47. The molecule has 1 aliphatic rings. The Labute approximate surface area is 195 Å². The molecule has 1 fully saturated rings. The minimum atomic E-state index is -3.67. The van der Waals surface area contributed by atoms with E-state index >= 15 is 0 Å². The number of hydrogen-bond acceptors (Lipinski definition) is 5. The van der Waals surface area contributed by atoms with Crippen LogP contribution in [0, 0.1) is 0 Å². The molecule has 2 aromatic rings. The van der Waals surface area contributed by atoms with Gasteiger partial charge in [-0.3, -0.25) is 9.69 Å². The van der Waals surface area contributed by atoms with Crippen LogP contribution in [0.25, 0.3) is 0 Å². The van der Waals surface area contributed by atoms with E-state index in [9.17, 15) is 13.2 Å². The molecule has 3 rings (SSSR count). The van der Waals surface area contributed by atoms with Crippen LogP contribution in [0.2, 0.25) is 5.02 Å². The molecule has 1 heterocycles.